The molecule has 10 atom stereocenters. The number of aldehydes is 1. The van der Waals surface area contributed by atoms with Crippen LogP contribution in [0.4, 0.5) is 0 Å². The Balaban J connectivity index is 1.80. The highest BCUT2D eigenvalue weighted by Gasteiger charge is 2.50. The monoisotopic (exact) mass is 766 g/mol. The summed E-state index contributed by atoms with van der Waals surface area (Å²) in [5, 5.41) is 0.0929. The van der Waals surface area contributed by atoms with Crippen LogP contribution in [0.15, 0.2) is 24.3 Å². The lowest BCUT2D eigenvalue weighted by Crippen LogP contribution is -2.49. The Kier molecular flexibility index (Phi) is 16.2. The van der Waals surface area contributed by atoms with Crippen LogP contribution in [0.2, 0.25) is 36.3 Å². The molecule has 7 unspecified atom stereocenters. The zero-order valence-electron chi connectivity index (χ0n) is 35.0. The summed E-state index contributed by atoms with van der Waals surface area (Å²) in [4.78, 5) is 23.7. The van der Waals surface area contributed by atoms with Crippen molar-refractivity contribution in [2.45, 2.75) is 191 Å². The van der Waals surface area contributed by atoms with Crippen LogP contribution < -0.4 is 0 Å². The van der Waals surface area contributed by atoms with Crippen LogP contribution in [0.5, 0.6) is 0 Å². The number of ether oxygens (including phenoxy) is 5. The molecule has 3 aliphatic heterocycles. The van der Waals surface area contributed by atoms with Gasteiger partial charge < -0.3 is 37.3 Å². The van der Waals surface area contributed by atoms with Crippen LogP contribution in [0.25, 0.3) is 0 Å². The molecular weight excluding hydrogens is 693 g/mol. The van der Waals surface area contributed by atoms with Gasteiger partial charge in [0.05, 0.1) is 69.0 Å². The van der Waals surface area contributed by atoms with Gasteiger partial charge in [-0.3, -0.25) is 4.79 Å². The molecule has 0 aromatic rings. The molecule has 0 amide bonds. The van der Waals surface area contributed by atoms with Crippen molar-refractivity contribution in [3.05, 3.63) is 24.3 Å². The van der Waals surface area contributed by atoms with Gasteiger partial charge in [-0.1, -0.05) is 61.6 Å². The number of hydrogen-bond acceptors (Lipinski definition) is 9. The van der Waals surface area contributed by atoms with Gasteiger partial charge >= 0.3 is 5.97 Å². The largest absolute Gasteiger partial charge is 0.469 e. The minimum absolute atomic E-state index is 0.00735. The Morgan fingerprint density at radius 1 is 0.904 bits per heavy atom. The highest BCUT2D eigenvalue weighted by atomic mass is 28.4. The third kappa shape index (κ3) is 11.9. The molecule has 3 saturated heterocycles. The van der Waals surface area contributed by atoms with Gasteiger partial charge in [0.15, 0.2) is 16.6 Å². The smallest absolute Gasteiger partial charge is 0.305 e. The van der Waals surface area contributed by atoms with Gasteiger partial charge in [-0.15, -0.1) is 0 Å². The maximum Gasteiger partial charge on any atom is 0.305 e. The van der Waals surface area contributed by atoms with Gasteiger partial charge in [0.25, 0.3) is 0 Å². The Labute approximate surface area is 318 Å². The number of esters is 1. The van der Waals surface area contributed by atoms with Crippen LogP contribution in [0.1, 0.15) is 106 Å². The van der Waals surface area contributed by atoms with Gasteiger partial charge in [-0.05, 0) is 85.4 Å². The summed E-state index contributed by atoms with van der Waals surface area (Å²) in [7, 11) is -1.08. The summed E-state index contributed by atoms with van der Waals surface area (Å²) >= 11 is 0. The van der Waals surface area contributed by atoms with Gasteiger partial charge in [0.2, 0.25) is 0 Å². The second-order valence-electron chi connectivity index (χ2n) is 18.8. The van der Waals surface area contributed by atoms with E-state index >= 15 is 0 Å². The van der Waals surface area contributed by atoms with Crippen molar-refractivity contribution in [1.82, 2.24) is 0 Å². The lowest BCUT2D eigenvalue weighted by atomic mass is 9.82. The van der Waals surface area contributed by atoms with Crippen LogP contribution in [-0.4, -0.2) is 98.5 Å². The van der Waals surface area contributed by atoms with Crippen molar-refractivity contribution >= 4 is 28.9 Å². The van der Waals surface area contributed by atoms with E-state index < -0.39 is 16.6 Å². The van der Waals surface area contributed by atoms with Gasteiger partial charge in [0.1, 0.15) is 6.29 Å². The molecule has 0 spiro atoms. The second-order valence-corrected chi connectivity index (χ2v) is 28.4. The first-order valence-corrected chi connectivity index (χ1v) is 25.5. The molecule has 3 aliphatic rings. The number of hydrogen-bond donors (Lipinski definition) is 0. The Hall–Kier alpha value is -1.19. The topological polar surface area (TPSA) is 98.8 Å². The summed E-state index contributed by atoms with van der Waals surface area (Å²) in [6.07, 6.45) is 5.72. The molecule has 3 fully saturated rings. The van der Waals surface area contributed by atoms with Crippen molar-refractivity contribution in [2.75, 3.05) is 20.8 Å². The molecule has 52 heavy (non-hydrogen) atoms. The van der Waals surface area contributed by atoms with Gasteiger partial charge in [-0.25, -0.2) is 0 Å². The zero-order chi connectivity index (χ0) is 39.2. The molecule has 0 aromatic heterocycles. The van der Waals surface area contributed by atoms with E-state index in [1.165, 1.54) is 7.11 Å². The molecule has 9 nitrogen and oxygen atoms in total. The predicted molar refractivity (Wildman–Crippen MR) is 213 cm³/mol. The molecule has 0 radical (unpaired) electrons. The van der Waals surface area contributed by atoms with Crippen LogP contribution in [0, 0.1) is 11.8 Å². The predicted octanol–water partition coefficient (Wildman–Crippen LogP) is 8.96. The van der Waals surface area contributed by atoms with Crippen LogP contribution in [0.3, 0.4) is 0 Å². The quantitative estimate of drug-likeness (QED) is 0.0586. The van der Waals surface area contributed by atoms with Crippen molar-refractivity contribution in [3.8, 4) is 0 Å². The molecule has 0 bridgehead atoms. The number of carbonyl (C=O) groups is 2. The maximum absolute atomic E-state index is 12.8. The molecule has 3 heterocycles. The van der Waals surface area contributed by atoms with E-state index in [1.54, 1.807) is 7.11 Å². The van der Waals surface area contributed by atoms with E-state index in [1.807, 2.05) is 0 Å². The third-order valence-electron chi connectivity index (χ3n) is 12.8. The molecule has 300 valence electrons. The second kappa shape index (κ2) is 18.6. The highest BCUT2D eigenvalue weighted by Crippen LogP contribution is 2.44. The van der Waals surface area contributed by atoms with E-state index in [0.29, 0.717) is 25.9 Å². The molecule has 3 rings (SSSR count). The molecule has 0 aromatic carbocycles. The summed E-state index contributed by atoms with van der Waals surface area (Å²) < 4.78 is 45.2. The third-order valence-corrected chi connectivity index (χ3v) is 21.9. The Morgan fingerprint density at radius 2 is 1.54 bits per heavy atom. The average molecular weight is 767 g/mol. The lowest BCUT2D eigenvalue weighted by Gasteiger charge is -2.42. The van der Waals surface area contributed by atoms with Crippen LogP contribution in [-0.2, 0) is 42.1 Å². The highest BCUT2D eigenvalue weighted by molar-refractivity contribution is 6.74. The number of carbonyl (C=O) groups excluding carboxylic acids is 2. The molecular formula is C41H74O9Si2. The number of methoxy groups -OCH3 is 2. The SMILES string of the molecule is C=C1CC(CCC=O)OC1CCC1CC(C)C(=C)C(C[C@H]2O[C@H](CC(CO[Si](C)(C)C(C)(C)C)O[Si](C)(C)C(C)(C)C)[C@H](OC)C2CC(=O)OC)O1. The summed E-state index contributed by atoms with van der Waals surface area (Å²) in [6.45, 7) is 34.1. The van der Waals surface area contributed by atoms with E-state index in [9.17, 15) is 9.59 Å². The van der Waals surface area contributed by atoms with Crippen molar-refractivity contribution in [3.63, 3.8) is 0 Å². The first-order valence-electron chi connectivity index (χ1n) is 19.7. The normalized spacial score (nSPS) is 31.2. The van der Waals surface area contributed by atoms with E-state index in [2.05, 4.69) is 87.8 Å². The maximum atomic E-state index is 12.8. The van der Waals surface area contributed by atoms with E-state index in [0.717, 1.165) is 49.5 Å². The minimum Gasteiger partial charge on any atom is -0.469 e. The van der Waals surface area contributed by atoms with Crippen molar-refractivity contribution in [1.29, 1.82) is 0 Å². The Morgan fingerprint density at radius 3 is 2.12 bits per heavy atom. The van der Waals surface area contributed by atoms with E-state index in [4.69, 9.17) is 32.5 Å². The van der Waals surface area contributed by atoms with E-state index in [-0.39, 0.29) is 83.1 Å². The molecule has 0 aliphatic carbocycles. The fraction of sp³-hybridized carbons (Fsp3) is 0.854. The van der Waals surface area contributed by atoms with Crippen molar-refractivity contribution < 1.29 is 42.1 Å². The minimum atomic E-state index is -2.17. The molecule has 11 heteroatoms. The lowest BCUT2D eigenvalue weighted by molar-refractivity contribution is -0.143. The fourth-order valence-corrected chi connectivity index (χ4v) is 9.74. The average Bonchev–Trinajstić information content (AvgIpc) is 3.56. The zero-order valence-corrected chi connectivity index (χ0v) is 37.0. The summed E-state index contributed by atoms with van der Waals surface area (Å²) in [5.74, 6) is -0.224. The summed E-state index contributed by atoms with van der Waals surface area (Å²) in [5.41, 5.74) is 2.17. The first-order chi connectivity index (χ1) is 24.0. The number of rotatable bonds is 18. The van der Waals surface area contributed by atoms with Gasteiger partial charge in [-0.2, -0.15) is 0 Å². The standard InChI is InChI=1S/C41H74O9Si2/c1-27-21-31(18-19-34-28(2)22-30(47-34)17-16-20-42)48-35(29(27)3)25-36-33(24-38(43)44-10)39(45-11)37(49-36)23-32(50-52(14,15)41(7,8)9)26-46-51(12,13)40(4,5)6/h20,27,30-37,39H,2-3,16-19,21-26H2,1,4-15H3/t27?,30?,31?,32?,33?,34?,35?,36-,37-,39-/m1/s1. The van der Waals surface area contributed by atoms with Gasteiger partial charge in [0, 0.05) is 32.3 Å². The molecule has 0 saturated carbocycles. The summed E-state index contributed by atoms with van der Waals surface area (Å²) in [6, 6.07) is 0. The first kappa shape index (κ1) is 45.2. The molecule has 0 N–H and O–H groups in total. The van der Waals surface area contributed by atoms with Crippen LogP contribution >= 0.6 is 0 Å². The van der Waals surface area contributed by atoms with Crippen molar-refractivity contribution in [2.24, 2.45) is 11.8 Å². The Bertz CT molecular complexity index is 1210. The fourth-order valence-electron chi connectivity index (χ4n) is 7.36.